The Morgan fingerprint density at radius 1 is 1.44 bits per heavy atom. The summed E-state index contributed by atoms with van der Waals surface area (Å²) in [6.45, 7) is 1.38. The van der Waals surface area contributed by atoms with Crippen molar-refractivity contribution in [1.82, 2.24) is 4.90 Å². The quantitative estimate of drug-likeness (QED) is 0.852. The van der Waals surface area contributed by atoms with Gasteiger partial charge in [-0.3, -0.25) is 9.69 Å². The Labute approximate surface area is 112 Å². The van der Waals surface area contributed by atoms with Crippen molar-refractivity contribution in [2.24, 2.45) is 0 Å². The Hall–Kier alpha value is -0.900. The number of rotatable bonds is 4. The van der Waals surface area contributed by atoms with Gasteiger partial charge in [0.2, 0.25) is 0 Å². The van der Waals surface area contributed by atoms with Crippen molar-refractivity contribution in [2.45, 2.75) is 25.3 Å². The highest BCUT2D eigenvalue weighted by atomic mass is 35.5. The molecular weight excluding hydrogens is 250 g/mol. The third-order valence-electron chi connectivity index (χ3n) is 3.45. The summed E-state index contributed by atoms with van der Waals surface area (Å²) in [6, 6.07) is 7.15. The molecule has 1 atom stereocenters. The predicted octanol–water partition coefficient (Wildman–Crippen LogP) is 2.37. The van der Waals surface area contributed by atoms with Gasteiger partial charge in [0.15, 0.2) is 5.78 Å². The molecule has 0 amide bonds. The molecule has 1 aromatic carbocycles. The van der Waals surface area contributed by atoms with Gasteiger partial charge in [-0.15, -0.1) is 0 Å². The van der Waals surface area contributed by atoms with Crippen LogP contribution in [-0.4, -0.2) is 41.5 Å². The van der Waals surface area contributed by atoms with Crippen LogP contribution >= 0.6 is 11.6 Å². The number of halogens is 1. The van der Waals surface area contributed by atoms with Gasteiger partial charge in [-0.25, -0.2) is 0 Å². The Kier molecular flexibility index (Phi) is 4.75. The lowest BCUT2D eigenvalue weighted by Crippen LogP contribution is -2.44. The topological polar surface area (TPSA) is 40.5 Å². The third kappa shape index (κ3) is 3.31. The van der Waals surface area contributed by atoms with Crippen LogP contribution in [0.15, 0.2) is 24.3 Å². The molecule has 0 bridgehead atoms. The maximum atomic E-state index is 12.1. The first kappa shape index (κ1) is 13.5. The van der Waals surface area contributed by atoms with Crippen LogP contribution in [0, 0.1) is 0 Å². The highest BCUT2D eigenvalue weighted by Gasteiger charge is 2.23. The van der Waals surface area contributed by atoms with Gasteiger partial charge in [-0.1, -0.05) is 30.2 Å². The SMILES string of the molecule is O=C(CN1CCCCC1CO)c1cccc(Cl)c1. The highest BCUT2D eigenvalue weighted by molar-refractivity contribution is 6.31. The summed E-state index contributed by atoms with van der Waals surface area (Å²) in [7, 11) is 0. The number of piperidine rings is 1. The van der Waals surface area contributed by atoms with Gasteiger partial charge < -0.3 is 5.11 Å². The van der Waals surface area contributed by atoms with Crippen molar-refractivity contribution in [1.29, 1.82) is 0 Å². The van der Waals surface area contributed by atoms with Gasteiger partial charge in [-0.2, -0.15) is 0 Å². The van der Waals surface area contributed by atoms with Crippen LogP contribution in [0.5, 0.6) is 0 Å². The van der Waals surface area contributed by atoms with E-state index in [1.165, 1.54) is 0 Å². The van der Waals surface area contributed by atoms with Crippen molar-refractivity contribution >= 4 is 17.4 Å². The van der Waals surface area contributed by atoms with Crippen LogP contribution < -0.4 is 0 Å². The average molecular weight is 268 g/mol. The van der Waals surface area contributed by atoms with Gasteiger partial charge in [0.25, 0.3) is 0 Å². The molecule has 98 valence electrons. The monoisotopic (exact) mass is 267 g/mol. The second-order valence-corrected chi connectivity index (χ2v) is 5.17. The third-order valence-corrected chi connectivity index (χ3v) is 3.69. The minimum absolute atomic E-state index is 0.0675. The molecular formula is C14H18ClNO2. The molecule has 18 heavy (non-hydrogen) atoms. The number of carbonyl (C=O) groups is 1. The van der Waals surface area contributed by atoms with Crippen molar-refractivity contribution in [3.05, 3.63) is 34.9 Å². The number of hydrogen-bond acceptors (Lipinski definition) is 3. The van der Waals surface area contributed by atoms with Crippen LogP contribution in [0.4, 0.5) is 0 Å². The number of nitrogens with zero attached hydrogens (tertiary/aromatic N) is 1. The molecule has 0 spiro atoms. The van der Waals surface area contributed by atoms with E-state index < -0.39 is 0 Å². The van der Waals surface area contributed by atoms with E-state index >= 15 is 0 Å². The first-order valence-corrected chi connectivity index (χ1v) is 6.72. The minimum atomic E-state index is 0.0675. The first-order valence-electron chi connectivity index (χ1n) is 6.34. The molecule has 1 aliphatic rings. The van der Waals surface area contributed by atoms with Gasteiger partial charge in [0.1, 0.15) is 0 Å². The number of benzene rings is 1. The van der Waals surface area contributed by atoms with Crippen LogP contribution in [0.25, 0.3) is 0 Å². The minimum Gasteiger partial charge on any atom is -0.395 e. The molecule has 0 aliphatic carbocycles. The Morgan fingerprint density at radius 2 is 2.28 bits per heavy atom. The zero-order valence-corrected chi connectivity index (χ0v) is 11.1. The highest BCUT2D eigenvalue weighted by Crippen LogP contribution is 2.18. The molecule has 1 fully saturated rings. The van der Waals surface area contributed by atoms with E-state index in [1.54, 1.807) is 24.3 Å². The summed E-state index contributed by atoms with van der Waals surface area (Å²) in [6.07, 6.45) is 3.20. The van der Waals surface area contributed by atoms with E-state index in [9.17, 15) is 9.90 Å². The standard InChI is InChI=1S/C14H18ClNO2/c15-12-5-3-4-11(8-12)14(18)9-16-7-2-1-6-13(16)10-17/h3-5,8,13,17H,1-2,6-7,9-10H2. The van der Waals surface area contributed by atoms with Crippen molar-refractivity contribution in [2.75, 3.05) is 19.7 Å². The number of ketones is 1. The normalized spacial score (nSPS) is 20.9. The van der Waals surface area contributed by atoms with E-state index in [0.29, 0.717) is 17.1 Å². The molecule has 1 unspecified atom stereocenters. The van der Waals surface area contributed by atoms with Gasteiger partial charge >= 0.3 is 0 Å². The zero-order chi connectivity index (χ0) is 13.0. The van der Waals surface area contributed by atoms with Crippen LogP contribution in [0.3, 0.4) is 0 Å². The summed E-state index contributed by atoms with van der Waals surface area (Å²) < 4.78 is 0. The molecule has 1 aliphatic heterocycles. The maximum Gasteiger partial charge on any atom is 0.176 e. The average Bonchev–Trinajstić information content (AvgIpc) is 2.39. The van der Waals surface area contributed by atoms with E-state index in [-0.39, 0.29) is 18.4 Å². The summed E-state index contributed by atoms with van der Waals surface area (Å²) in [5.74, 6) is 0.0675. The molecule has 1 N–H and O–H groups in total. The second kappa shape index (κ2) is 6.32. The van der Waals surface area contributed by atoms with E-state index in [2.05, 4.69) is 4.90 Å². The van der Waals surface area contributed by atoms with Gasteiger partial charge in [-0.05, 0) is 31.5 Å². The number of carbonyl (C=O) groups excluding carboxylic acids is 1. The summed E-state index contributed by atoms with van der Waals surface area (Å²) in [5, 5.41) is 9.90. The number of likely N-dealkylation sites (tertiary alicyclic amines) is 1. The molecule has 1 saturated heterocycles. The zero-order valence-electron chi connectivity index (χ0n) is 10.3. The van der Waals surface area contributed by atoms with Crippen LogP contribution in [0.2, 0.25) is 5.02 Å². The van der Waals surface area contributed by atoms with Gasteiger partial charge in [0, 0.05) is 16.6 Å². The number of hydrogen-bond donors (Lipinski definition) is 1. The fourth-order valence-corrected chi connectivity index (χ4v) is 2.60. The lowest BCUT2D eigenvalue weighted by molar-refractivity contribution is 0.0711. The molecule has 0 aromatic heterocycles. The predicted molar refractivity (Wildman–Crippen MR) is 72.1 cm³/mol. The Balaban J connectivity index is 2.02. The summed E-state index contributed by atoms with van der Waals surface area (Å²) >= 11 is 5.88. The van der Waals surface area contributed by atoms with Crippen molar-refractivity contribution in [3.63, 3.8) is 0 Å². The molecule has 4 heteroatoms. The largest absolute Gasteiger partial charge is 0.395 e. The summed E-state index contributed by atoms with van der Waals surface area (Å²) in [5.41, 5.74) is 0.643. The van der Waals surface area contributed by atoms with E-state index in [1.807, 2.05) is 0 Å². The van der Waals surface area contributed by atoms with Gasteiger partial charge in [0.05, 0.1) is 13.2 Å². The molecule has 1 aromatic rings. The first-order chi connectivity index (χ1) is 8.70. The lowest BCUT2D eigenvalue weighted by atomic mass is 10.0. The van der Waals surface area contributed by atoms with Crippen molar-refractivity contribution in [3.8, 4) is 0 Å². The van der Waals surface area contributed by atoms with Crippen LogP contribution in [0.1, 0.15) is 29.6 Å². The van der Waals surface area contributed by atoms with Crippen molar-refractivity contribution < 1.29 is 9.90 Å². The molecule has 0 saturated carbocycles. The number of Topliss-reactive ketones (excluding diaryl/α,β-unsaturated/α-hetero) is 1. The molecule has 3 nitrogen and oxygen atoms in total. The van der Waals surface area contributed by atoms with E-state index in [0.717, 1.165) is 25.8 Å². The fourth-order valence-electron chi connectivity index (χ4n) is 2.41. The number of aliphatic hydroxyl groups is 1. The molecule has 0 radical (unpaired) electrons. The summed E-state index contributed by atoms with van der Waals surface area (Å²) in [4.78, 5) is 14.2. The maximum absolute atomic E-state index is 12.1. The Morgan fingerprint density at radius 3 is 3.00 bits per heavy atom. The molecule has 2 rings (SSSR count). The van der Waals surface area contributed by atoms with E-state index in [4.69, 9.17) is 11.6 Å². The smallest absolute Gasteiger partial charge is 0.176 e. The Bertz CT molecular complexity index is 422. The number of aliphatic hydroxyl groups excluding tert-OH is 1. The van der Waals surface area contributed by atoms with Crippen LogP contribution in [-0.2, 0) is 0 Å². The second-order valence-electron chi connectivity index (χ2n) is 4.74. The fraction of sp³-hybridized carbons (Fsp3) is 0.500. The lowest BCUT2D eigenvalue weighted by Gasteiger charge is -2.33. The molecule has 1 heterocycles.